The van der Waals surface area contributed by atoms with E-state index in [1.165, 1.54) is 12.1 Å². The highest BCUT2D eigenvalue weighted by Gasteiger charge is 2.42. The van der Waals surface area contributed by atoms with Gasteiger partial charge in [-0.15, -0.1) is 24.8 Å². The summed E-state index contributed by atoms with van der Waals surface area (Å²) in [6, 6.07) is 5.38. The molecule has 1 fully saturated rings. The van der Waals surface area contributed by atoms with Crippen molar-refractivity contribution in [3.05, 3.63) is 35.6 Å². The molecule has 1 aromatic carbocycles. The maximum absolute atomic E-state index is 13.0. The summed E-state index contributed by atoms with van der Waals surface area (Å²) in [7, 11) is 1.87. The Morgan fingerprint density at radius 2 is 1.96 bits per heavy atom. The van der Waals surface area contributed by atoms with Crippen LogP contribution in [-0.4, -0.2) is 49.5 Å². The van der Waals surface area contributed by atoms with Crippen LogP contribution in [0.4, 0.5) is 13.2 Å². The number of likely N-dealkylation sites (N-methyl/N-ethyl adjacent to an activating group) is 1. The molecule has 0 aromatic heterocycles. The Labute approximate surface area is 152 Å². The fraction of sp³-hybridized carbons (Fsp3) is 0.533. The second-order valence-electron chi connectivity index (χ2n) is 5.65. The van der Waals surface area contributed by atoms with E-state index in [9.17, 15) is 18.0 Å². The van der Waals surface area contributed by atoms with Crippen LogP contribution in [0.15, 0.2) is 24.3 Å². The zero-order chi connectivity index (χ0) is 16.2. The SMILES string of the molecule is CN(CCNC(=O)C1CC(F)(F)CN1)Cc1ccc(F)cc1.Cl.Cl. The average molecular weight is 388 g/mol. The standard InChI is InChI=1S/C15H20F3N3O.2ClH/c1-21(9-11-2-4-12(16)5-3-11)7-6-19-14(22)13-8-15(17,18)10-20-13;;/h2-5,13,20H,6-10H2,1H3,(H,19,22);2*1H. The van der Waals surface area contributed by atoms with Crippen LogP contribution < -0.4 is 10.6 Å². The average Bonchev–Trinajstić information content (AvgIpc) is 2.82. The molecule has 2 rings (SSSR count). The van der Waals surface area contributed by atoms with Gasteiger partial charge in [-0.1, -0.05) is 12.1 Å². The highest BCUT2D eigenvalue weighted by Crippen LogP contribution is 2.24. The first-order valence-corrected chi connectivity index (χ1v) is 7.18. The summed E-state index contributed by atoms with van der Waals surface area (Å²) in [5.74, 6) is -3.48. The van der Waals surface area contributed by atoms with E-state index in [2.05, 4.69) is 10.6 Å². The van der Waals surface area contributed by atoms with Gasteiger partial charge in [-0.3, -0.25) is 10.1 Å². The van der Waals surface area contributed by atoms with Gasteiger partial charge in [0, 0.05) is 26.1 Å². The number of nitrogens with one attached hydrogen (secondary N) is 2. The van der Waals surface area contributed by atoms with Gasteiger partial charge in [0.15, 0.2) is 0 Å². The number of hydrogen-bond donors (Lipinski definition) is 2. The highest BCUT2D eigenvalue weighted by molar-refractivity contribution is 5.85. The van der Waals surface area contributed by atoms with Gasteiger partial charge in [0.2, 0.25) is 5.91 Å². The van der Waals surface area contributed by atoms with Gasteiger partial charge < -0.3 is 10.2 Å². The lowest BCUT2D eigenvalue weighted by Crippen LogP contribution is -2.42. The summed E-state index contributed by atoms with van der Waals surface area (Å²) in [6.07, 6.45) is -0.454. The third-order valence-corrected chi connectivity index (χ3v) is 3.58. The maximum Gasteiger partial charge on any atom is 0.262 e. The van der Waals surface area contributed by atoms with E-state index in [0.717, 1.165) is 5.56 Å². The fourth-order valence-electron chi connectivity index (χ4n) is 2.37. The van der Waals surface area contributed by atoms with Crippen molar-refractivity contribution in [3.8, 4) is 0 Å². The van der Waals surface area contributed by atoms with Crippen molar-refractivity contribution in [1.82, 2.24) is 15.5 Å². The van der Waals surface area contributed by atoms with E-state index in [4.69, 9.17) is 0 Å². The van der Waals surface area contributed by atoms with E-state index in [1.807, 2.05) is 11.9 Å². The van der Waals surface area contributed by atoms with Gasteiger partial charge >= 0.3 is 0 Å². The molecule has 1 aliphatic rings. The lowest BCUT2D eigenvalue weighted by atomic mass is 10.2. The lowest BCUT2D eigenvalue weighted by Gasteiger charge is -2.18. The number of amides is 1. The molecule has 1 saturated heterocycles. The molecule has 1 aliphatic heterocycles. The smallest absolute Gasteiger partial charge is 0.262 e. The first-order valence-electron chi connectivity index (χ1n) is 7.18. The minimum Gasteiger partial charge on any atom is -0.353 e. The summed E-state index contributed by atoms with van der Waals surface area (Å²) in [5.41, 5.74) is 0.965. The third-order valence-electron chi connectivity index (χ3n) is 3.58. The molecular formula is C15H22Cl2F3N3O. The molecular weight excluding hydrogens is 366 g/mol. The highest BCUT2D eigenvalue weighted by atomic mass is 35.5. The topological polar surface area (TPSA) is 44.4 Å². The molecule has 1 amide bonds. The summed E-state index contributed by atoms with van der Waals surface area (Å²) in [4.78, 5) is 13.7. The summed E-state index contributed by atoms with van der Waals surface area (Å²) >= 11 is 0. The fourth-order valence-corrected chi connectivity index (χ4v) is 2.37. The van der Waals surface area contributed by atoms with E-state index >= 15 is 0 Å². The molecule has 1 unspecified atom stereocenters. The Bertz CT molecular complexity index is 517. The normalized spacial score (nSPS) is 18.6. The maximum atomic E-state index is 13.0. The number of rotatable bonds is 6. The number of hydrogen-bond acceptors (Lipinski definition) is 3. The van der Waals surface area contributed by atoms with E-state index in [0.29, 0.717) is 19.6 Å². The molecule has 0 bridgehead atoms. The summed E-state index contributed by atoms with van der Waals surface area (Å²) in [5, 5.41) is 5.17. The summed E-state index contributed by atoms with van der Waals surface area (Å²) in [6.45, 7) is 1.12. The number of carbonyl (C=O) groups excluding carboxylic acids is 1. The van der Waals surface area contributed by atoms with Gasteiger partial charge in [-0.2, -0.15) is 0 Å². The Balaban J connectivity index is 0.00000264. The Hall–Kier alpha value is -1.02. The Kier molecular flexibility index (Phi) is 9.65. The first-order chi connectivity index (χ1) is 10.4. The zero-order valence-corrected chi connectivity index (χ0v) is 14.9. The van der Waals surface area contributed by atoms with Crippen molar-refractivity contribution in [1.29, 1.82) is 0 Å². The van der Waals surface area contributed by atoms with Crippen LogP contribution in [0.3, 0.4) is 0 Å². The van der Waals surface area contributed by atoms with Crippen LogP contribution in [0.5, 0.6) is 0 Å². The molecule has 1 aromatic rings. The van der Waals surface area contributed by atoms with Crippen molar-refractivity contribution < 1.29 is 18.0 Å². The molecule has 24 heavy (non-hydrogen) atoms. The van der Waals surface area contributed by atoms with Crippen molar-refractivity contribution in [2.24, 2.45) is 0 Å². The lowest BCUT2D eigenvalue weighted by molar-refractivity contribution is -0.123. The monoisotopic (exact) mass is 387 g/mol. The van der Waals surface area contributed by atoms with Crippen molar-refractivity contribution in [2.45, 2.75) is 24.9 Å². The van der Waals surface area contributed by atoms with Crippen LogP contribution >= 0.6 is 24.8 Å². The van der Waals surface area contributed by atoms with Crippen LogP contribution in [0.1, 0.15) is 12.0 Å². The van der Waals surface area contributed by atoms with Gasteiger partial charge in [0.05, 0.1) is 12.6 Å². The minimum absolute atomic E-state index is 0. The second-order valence-corrected chi connectivity index (χ2v) is 5.65. The Morgan fingerprint density at radius 1 is 1.33 bits per heavy atom. The van der Waals surface area contributed by atoms with Gasteiger partial charge in [-0.05, 0) is 24.7 Å². The molecule has 138 valence electrons. The van der Waals surface area contributed by atoms with E-state index in [-0.39, 0.29) is 30.6 Å². The largest absolute Gasteiger partial charge is 0.353 e. The number of benzene rings is 1. The van der Waals surface area contributed by atoms with Gasteiger partial charge in [0.25, 0.3) is 5.92 Å². The second kappa shape index (κ2) is 10.1. The van der Waals surface area contributed by atoms with Crippen LogP contribution in [-0.2, 0) is 11.3 Å². The van der Waals surface area contributed by atoms with Crippen molar-refractivity contribution >= 4 is 30.7 Å². The molecule has 1 heterocycles. The number of carbonyl (C=O) groups is 1. The van der Waals surface area contributed by atoms with E-state index in [1.54, 1.807) is 12.1 Å². The van der Waals surface area contributed by atoms with Gasteiger partial charge in [-0.25, -0.2) is 13.2 Å². The third kappa shape index (κ3) is 7.25. The molecule has 9 heteroatoms. The van der Waals surface area contributed by atoms with E-state index < -0.39 is 30.8 Å². The van der Waals surface area contributed by atoms with Gasteiger partial charge in [0.1, 0.15) is 5.82 Å². The molecule has 1 atom stereocenters. The number of halogens is 5. The summed E-state index contributed by atoms with van der Waals surface area (Å²) < 4.78 is 38.8. The predicted molar refractivity (Wildman–Crippen MR) is 91.6 cm³/mol. The van der Waals surface area contributed by atoms with Crippen molar-refractivity contribution in [3.63, 3.8) is 0 Å². The predicted octanol–water partition coefficient (Wildman–Crippen LogP) is 2.21. The number of alkyl halides is 2. The van der Waals surface area contributed by atoms with Crippen LogP contribution in [0, 0.1) is 5.82 Å². The minimum atomic E-state index is -2.80. The molecule has 0 radical (unpaired) electrons. The molecule has 4 nitrogen and oxygen atoms in total. The quantitative estimate of drug-likeness (QED) is 0.786. The Morgan fingerprint density at radius 3 is 2.50 bits per heavy atom. The van der Waals surface area contributed by atoms with Crippen molar-refractivity contribution in [2.75, 3.05) is 26.7 Å². The molecule has 0 saturated carbocycles. The van der Waals surface area contributed by atoms with Crippen LogP contribution in [0.25, 0.3) is 0 Å². The number of nitrogens with zero attached hydrogens (tertiary/aromatic N) is 1. The van der Waals surface area contributed by atoms with Crippen LogP contribution in [0.2, 0.25) is 0 Å². The molecule has 2 N–H and O–H groups in total. The molecule has 0 aliphatic carbocycles. The molecule has 0 spiro atoms. The zero-order valence-electron chi connectivity index (χ0n) is 13.2. The first kappa shape index (κ1) is 23.0.